The molecular weight excluding hydrogens is 278 g/mol. The first-order chi connectivity index (χ1) is 10.6. The molecule has 1 aromatic carbocycles. The van der Waals surface area contributed by atoms with Crippen molar-refractivity contribution in [2.45, 2.75) is 13.3 Å². The molecule has 116 valence electrons. The van der Waals surface area contributed by atoms with E-state index in [1.54, 1.807) is 0 Å². The van der Waals surface area contributed by atoms with Gasteiger partial charge in [-0.15, -0.1) is 0 Å². The Morgan fingerprint density at radius 1 is 1.23 bits per heavy atom. The summed E-state index contributed by atoms with van der Waals surface area (Å²) in [4.78, 5) is 19.9. The number of piperazine rings is 1. The average Bonchev–Trinajstić information content (AvgIpc) is 2.52. The van der Waals surface area contributed by atoms with Crippen LogP contribution in [0.2, 0.25) is 0 Å². The van der Waals surface area contributed by atoms with Gasteiger partial charge in [-0.25, -0.2) is 0 Å². The number of para-hydroxylation sites is 1. The summed E-state index contributed by atoms with van der Waals surface area (Å²) >= 11 is 0. The molecule has 3 rings (SSSR count). The summed E-state index contributed by atoms with van der Waals surface area (Å²) < 4.78 is 0. The predicted molar refractivity (Wildman–Crippen MR) is 87.4 cm³/mol. The summed E-state index contributed by atoms with van der Waals surface area (Å²) in [6.45, 7) is 6.32. The van der Waals surface area contributed by atoms with Gasteiger partial charge in [0, 0.05) is 49.5 Å². The van der Waals surface area contributed by atoms with E-state index in [-0.39, 0.29) is 6.42 Å². The minimum absolute atomic E-state index is 0.220. The molecular formula is C17H21N3O2. The highest BCUT2D eigenvalue weighted by Crippen LogP contribution is 2.27. The Hall–Kier alpha value is -2.14. The predicted octanol–water partition coefficient (Wildman–Crippen LogP) is 2.14. The van der Waals surface area contributed by atoms with E-state index in [2.05, 4.69) is 33.0 Å². The van der Waals surface area contributed by atoms with Crippen molar-refractivity contribution < 1.29 is 9.90 Å². The van der Waals surface area contributed by atoms with Gasteiger partial charge in [0.1, 0.15) is 0 Å². The number of carboxylic acid groups (broad SMARTS) is 1. The van der Waals surface area contributed by atoms with Crippen molar-refractivity contribution in [2.24, 2.45) is 0 Å². The lowest BCUT2D eigenvalue weighted by Gasteiger charge is -2.36. The minimum Gasteiger partial charge on any atom is -0.481 e. The molecule has 1 N–H and O–H groups in total. The van der Waals surface area contributed by atoms with Crippen molar-refractivity contribution in [2.75, 3.05) is 37.6 Å². The molecule has 5 nitrogen and oxygen atoms in total. The average molecular weight is 299 g/mol. The maximum absolute atomic E-state index is 10.7. The zero-order valence-corrected chi connectivity index (χ0v) is 12.8. The highest BCUT2D eigenvalue weighted by atomic mass is 16.4. The molecule has 0 aliphatic carbocycles. The molecule has 1 saturated heterocycles. The maximum Gasteiger partial charge on any atom is 0.304 e. The van der Waals surface area contributed by atoms with E-state index in [0.29, 0.717) is 6.54 Å². The number of benzene rings is 1. The monoisotopic (exact) mass is 299 g/mol. The molecule has 0 atom stereocenters. The molecule has 1 aliphatic rings. The van der Waals surface area contributed by atoms with Crippen LogP contribution >= 0.6 is 0 Å². The van der Waals surface area contributed by atoms with Gasteiger partial charge in [-0.2, -0.15) is 0 Å². The molecule has 0 saturated carbocycles. The number of pyridine rings is 1. The first-order valence-electron chi connectivity index (χ1n) is 7.69. The van der Waals surface area contributed by atoms with E-state index in [1.807, 2.05) is 19.1 Å². The first-order valence-corrected chi connectivity index (χ1v) is 7.69. The lowest BCUT2D eigenvalue weighted by molar-refractivity contribution is -0.137. The van der Waals surface area contributed by atoms with E-state index >= 15 is 0 Å². The smallest absolute Gasteiger partial charge is 0.304 e. The Morgan fingerprint density at radius 2 is 1.95 bits per heavy atom. The van der Waals surface area contributed by atoms with Crippen LogP contribution in [-0.4, -0.2) is 53.7 Å². The minimum atomic E-state index is -0.724. The van der Waals surface area contributed by atoms with Crippen molar-refractivity contribution in [3.8, 4) is 0 Å². The fraction of sp³-hybridized carbons (Fsp3) is 0.412. The normalized spacial score (nSPS) is 16.1. The zero-order valence-electron chi connectivity index (χ0n) is 12.8. The van der Waals surface area contributed by atoms with Crippen LogP contribution in [0.4, 0.5) is 5.69 Å². The molecule has 1 aromatic heterocycles. The Kier molecular flexibility index (Phi) is 4.24. The summed E-state index contributed by atoms with van der Waals surface area (Å²) in [5, 5.41) is 9.97. The van der Waals surface area contributed by atoms with Gasteiger partial charge in [0.05, 0.1) is 11.9 Å². The first kappa shape index (κ1) is 14.8. The van der Waals surface area contributed by atoms with E-state index < -0.39 is 5.97 Å². The van der Waals surface area contributed by atoms with E-state index in [1.165, 1.54) is 11.1 Å². The standard InChI is InChI=1S/C17H21N3O2/c1-13-12-16(14-4-2-3-5-15(14)18-13)20-10-8-19(9-11-20)7-6-17(21)22/h2-5,12H,6-11H2,1H3,(H,21,22). The summed E-state index contributed by atoms with van der Waals surface area (Å²) in [6, 6.07) is 10.4. The van der Waals surface area contributed by atoms with Crippen LogP contribution in [0.15, 0.2) is 30.3 Å². The van der Waals surface area contributed by atoms with Crippen molar-refractivity contribution in [3.05, 3.63) is 36.0 Å². The lowest BCUT2D eigenvalue weighted by atomic mass is 10.1. The number of hydrogen-bond donors (Lipinski definition) is 1. The third-order valence-electron chi connectivity index (χ3n) is 4.18. The maximum atomic E-state index is 10.7. The van der Waals surface area contributed by atoms with E-state index in [4.69, 9.17) is 5.11 Å². The summed E-state index contributed by atoms with van der Waals surface area (Å²) in [7, 11) is 0. The second-order valence-electron chi connectivity index (χ2n) is 5.77. The SMILES string of the molecule is Cc1cc(N2CCN(CCC(=O)O)CC2)c2ccccc2n1. The van der Waals surface area contributed by atoms with Crippen LogP contribution < -0.4 is 4.90 Å². The molecule has 0 amide bonds. The molecule has 2 aromatic rings. The van der Waals surface area contributed by atoms with Gasteiger partial charge < -0.3 is 10.0 Å². The highest BCUT2D eigenvalue weighted by molar-refractivity contribution is 5.92. The van der Waals surface area contributed by atoms with Crippen molar-refractivity contribution >= 4 is 22.6 Å². The number of aryl methyl sites for hydroxylation is 1. The molecule has 5 heteroatoms. The fourth-order valence-electron chi connectivity index (χ4n) is 3.01. The molecule has 1 aliphatic heterocycles. The topological polar surface area (TPSA) is 56.7 Å². The second kappa shape index (κ2) is 6.32. The largest absolute Gasteiger partial charge is 0.481 e. The molecule has 0 unspecified atom stereocenters. The quantitative estimate of drug-likeness (QED) is 0.937. The molecule has 0 radical (unpaired) electrons. The van der Waals surface area contributed by atoms with Gasteiger partial charge in [-0.05, 0) is 19.1 Å². The number of anilines is 1. The highest BCUT2D eigenvalue weighted by Gasteiger charge is 2.19. The Morgan fingerprint density at radius 3 is 2.68 bits per heavy atom. The van der Waals surface area contributed by atoms with Crippen molar-refractivity contribution in [3.63, 3.8) is 0 Å². The van der Waals surface area contributed by atoms with Gasteiger partial charge in [0.25, 0.3) is 0 Å². The number of carbonyl (C=O) groups is 1. The molecule has 22 heavy (non-hydrogen) atoms. The van der Waals surface area contributed by atoms with Crippen LogP contribution in [0, 0.1) is 6.92 Å². The molecule has 0 bridgehead atoms. The number of aliphatic carboxylic acids is 1. The summed E-state index contributed by atoms with van der Waals surface area (Å²) in [5.74, 6) is -0.724. The summed E-state index contributed by atoms with van der Waals surface area (Å²) in [5.41, 5.74) is 3.30. The molecule has 0 spiro atoms. The van der Waals surface area contributed by atoms with Gasteiger partial charge >= 0.3 is 5.97 Å². The number of aromatic nitrogens is 1. The third-order valence-corrected chi connectivity index (χ3v) is 4.18. The van der Waals surface area contributed by atoms with Crippen LogP contribution in [0.3, 0.4) is 0 Å². The Balaban J connectivity index is 1.75. The Bertz CT molecular complexity index is 679. The number of rotatable bonds is 4. The second-order valence-corrected chi connectivity index (χ2v) is 5.77. The fourth-order valence-corrected chi connectivity index (χ4v) is 3.01. The number of nitrogens with zero attached hydrogens (tertiary/aromatic N) is 3. The Labute approximate surface area is 130 Å². The van der Waals surface area contributed by atoms with Crippen LogP contribution in [0.5, 0.6) is 0 Å². The van der Waals surface area contributed by atoms with Crippen molar-refractivity contribution in [1.29, 1.82) is 0 Å². The zero-order chi connectivity index (χ0) is 15.5. The van der Waals surface area contributed by atoms with Crippen molar-refractivity contribution in [1.82, 2.24) is 9.88 Å². The summed E-state index contributed by atoms with van der Waals surface area (Å²) in [6.07, 6.45) is 0.220. The van der Waals surface area contributed by atoms with Crippen LogP contribution in [0.25, 0.3) is 10.9 Å². The molecule has 1 fully saturated rings. The van der Waals surface area contributed by atoms with Gasteiger partial charge in [-0.1, -0.05) is 18.2 Å². The number of hydrogen-bond acceptors (Lipinski definition) is 4. The lowest BCUT2D eigenvalue weighted by Crippen LogP contribution is -2.47. The van der Waals surface area contributed by atoms with E-state index in [0.717, 1.165) is 37.4 Å². The molecule has 2 heterocycles. The number of fused-ring (bicyclic) bond motifs is 1. The van der Waals surface area contributed by atoms with Gasteiger partial charge in [0.15, 0.2) is 0 Å². The van der Waals surface area contributed by atoms with Crippen LogP contribution in [-0.2, 0) is 4.79 Å². The van der Waals surface area contributed by atoms with E-state index in [9.17, 15) is 4.79 Å². The van der Waals surface area contributed by atoms with Gasteiger partial charge in [0.2, 0.25) is 0 Å². The van der Waals surface area contributed by atoms with Gasteiger partial charge in [-0.3, -0.25) is 14.7 Å². The third kappa shape index (κ3) is 3.20. The number of carboxylic acids is 1. The van der Waals surface area contributed by atoms with Crippen LogP contribution in [0.1, 0.15) is 12.1 Å².